The van der Waals surface area contributed by atoms with E-state index in [0.717, 1.165) is 22.5 Å². The van der Waals surface area contributed by atoms with E-state index in [9.17, 15) is 4.79 Å². The lowest BCUT2D eigenvalue weighted by Gasteiger charge is -2.07. The van der Waals surface area contributed by atoms with Crippen molar-refractivity contribution >= 4 is 23.2 Å². The number of benzene rings is 2. The molecule has 0 atom stereocenters. The number of aromatic nitrogens is 4. The number of hydrogen-bond donors (Lipinski definition) is 1. The van der Waals surface area contributed by atoms with Crippen LogP contribution in [-0.2, 0) is 13.1 Å². The van der Waals surface area contributed by atoms with Crippen molar-refractivity contribution in [1.29, 1.82) is 0 Å². The Morgan fingerprint density at radius 2 is 1.80 bits per heavy atom. The molecule has 0 spiro atoms. The Morgan fingerprint density at radius 1 is 1.03 bits per heavy atom. The van der Waals surface area contributed by atoms with Gasteiger partial charge in [-0.2, -0.15) is 10.2 Å². The van der Waals surface area contributed by atoms with E-state index < -0.39 is 0 Å². The van der Waals surface area contributed by atoms with Crippen LogP contribution >= 0.6 is 11.6 Å². The molecule has 2 aromatic carbocycles. The molecule has 0 aliphatic carbocycles. The monoisotopic (exact) mass is 419 g/mol. The first-order valence-electron chi connectivity index (χ1n) is 9.66. The van der Waals surface area contributed by atoms with Crippen LogP contribution in [0.25, 0.3) is 0 Å². The van der Waals surface area contributed by atoms with Crippen LogP contribution in [0.4, 0.5) is 5.69 Å². The van der Waals surface area contributed by atoms with Crippen molar-refractivity contribution in [3.8, 4) is 0 Å². The maximum Gasteiger partial charge on any atom is 0.255 e. The summed E-state index contributed by atoms with van der Waals surface area (Å²) in [6, 6.07) is 17.6. The Morgan fingerprint density at radius 3 is 2.53 bits per heavy atom. The molecular formula is C23H22ClN5O. The summed E-state index contributed by atoms with van der Waals surface area (Å²) >= 11 is 6.23. The topological polar surface area (TPSA) is 64.7 Å². The van der Waals surface area contributed by atoms with Crippen LogP contribution in [0.2, 0.25) is 5.02 Å². The number of hydrogen-bond acceptors (Lipinski definition) is 3. The van der Waals surface area contributed by atoms with Crippen molar-refractivity contribution in [2.24, 2.45) is 0 Å². The summed E-state index contributed by atoms with van der Waals surface area (Å²) < 4.78 is 3.65. The first kappa shape index (κ1) is 19.9. The summed E-state index contributed by atoms with van der Waals surface area (Å²) in [4.78, 5) is 12.7. The summed E-state index contributed by atoms with van der Waals surface area (Å²) in [6.07, 6.45) is 3.48. The van der Waals surface area contributed by atoms with E-state index in [1.54, 1.807) is 16.9 Å². The zero-order valence-corrected chi connectivity index (χ0v) is 17.6. The fourth-order valence-electron chi connectivity index (χ4n) is 3.30. The highest BCUT2D eigenvalue weighted by Crippen LogP contribution is 2.20. The van der Waals surface area contributed by atoms with Gasteiger partial charge in [0.05, 0.1) is 41.4 Å². The van der Waals surface area contributed by atoms with E-state index in [4.69, 9.17) is 11.6 Å². The van der Waals surface area contributed by atoms with Crippen LogP contribution in [0.3, 0.4) is 0 Å². The van der Waals surface area contributed by atoms with Crippen molar-refractivity contribution in [3.63, 3.8) is 0 Å². The largest absolute Gasteiger partial charge is 0.319 e. The number of halogens is 1. The van der Waals surface area contributed by atoms with Crippen molar-refractivity contribution in [2.75, 3.05) is 5.32 Å². The summed E-state index contributed by atoms with van der Waals surface area (Å²) in [6.45, 7) is 5.02. The van der Waals surface area contributed by atoms with Gasteiger partial charge < -0.3 is 5.32 Å². The molecule has 1 N–H and O–H groups in total. The molecule has 2 aromatic heterocycles. The standard InChI is InChI=1S/C23H22ClN5O/c1-16-22(24)17(2)29(27-16)14-19-9-6-10-20(11-19)23(30)26-21-12-25-28(15-21)13-18-7-4-3-5-8-18/h3-12,15H,13-14H2,1-2H3,(H,26,30). The predicted molar refractivity (Wildman–Crippen MR) is 118 cm³/mol. The lowest BCUT2D eigenvalue weighted by Crippen LogP contribution is -2.12. The summed E-state index contributed by atoms with van der Waals surface area (Å²) in [5.74, 6) is -0.178. The van der Waals surface area contributed by atoms with Crippen LogP contribution in [-0.4, -0.2) is 25.5 Å². The zero-order chi connectivity index (χ0) is 21.1. The zero-order valence-electron chi connectivity index (χ0n) is 16.8. The van der Waals surface area contributed by atoms with Gasteiger partial charge in [-0.3, -0.25) is 14.2 Å². The van der Waals surface area contributed by atoms with Gasteiger partial charge in [-0.05, 0) is 37.1 Å². The van der Waals surface area contributed by atoms with E-state index in [1.165, 1.54) is 0 Å². The third-order valence-electron chi connectivity index (χ3n) is 4.89. The first-order valence-corrected chi connectivity index (χ1v) is 10.0. The van der Waals surface area contributed by atoms with Crippen molar-refractivity contribution in [2.45, 2.75) is 26.9 Å². The Kier molecular flexibility index (Phi) is 5.68. The van der Waals surface area contributed by atoms with Gasteiger partial charge in [0, 0.05) is 11.8 Å². The van der Waals surface area contributed by atoms with Crippen molar-refractivity contribution < 1.29 is 4.79 Å². The van der Waals surface area contributed by atoms with Gasteiger partial charge in [-0.25, -0.2) is 0 Å². The second kappa shape index (κ2) is 8.55. The van der Waals surface area contributed by atoms with Gasteiger partial charge in [0.15, 0.2) is 0 Å². The Balaban J connectivity index is 1.44. The maximum absolute atomic E-state index is 12.7. The van der Waals surface area contributed by atoms with Crippen molar-refractivity contribution in [3.05, 3.63) is 100 Å². The number of rotatable bonds is 6. The highest BCUT2D eigenvalue weighted by atomic mass is 35.5. The number of carbonyl (C=O) groups is 1. The Bertz CT molecular complexity index is 1180. The van der Waals surface area contributed by atoms with E-state index in [0.29, 0.717) is 29.4 Å². The number of nitrogens with zero attached hydrogens (tertiary/aromatic N) is 4. The molecule has 4 rings (SSSR count). The Hall–Kier alpha value is -3.38. The number of aryl methyl sites for hydroxylation is 1. The molecule has 1 amide bonds. The van der Waals surface area contributed by atoms with Crippen molar-refractivity contribution in [1.82, 2.24) is 19.6 Å². The summed E-state index contributed by atoms with van der Waals surface area (Å²) in [7, 11) is 0. The van der Waals surface area contributed by atoms with Gasteiger partial charge in [0.2, 0.25) is 0 Å². The molecule has 0 aliphatic rings. The third-order valence-corrected chi connectivity index (χ3v) is 5.44. The van der Waals surface area contributed by atoms with Gasteiger partial charge in [-0.1, -0.05) is 54.1 Å². The van der Waals surface area contributed by atoms with Crippen LogP contribution in [0, 0.1) is 13.8 Å². The molecule has 0 aliphatic heterocycles. The predicted octanol–water partition coefficient (Wildman–Crippen LogP) is 4.70. The van der Waals surface area contributed by atoms with Crippen LogP contribution in [0.5, 0.6) is 0 Å². The molecule has 2 heterocycles. The number of anilines is 1. The smallest absolute Gasteiger partial charge is 0.255 e. The molecule has 152 valence electrons. The van der Waals surface area contributed by atoms with E-state index in [1.807, 2.05) is 73.3 Å². The maximum atomic E-state index is 12.7. The number of carbonyl (C=O) groups excluding carboxylic acids is 1. The van der Waals surface area contributed by atoms with E-state index >= 15 is 0 Å². The van der Waals surface area contributed by atoms with Gasteiger partial charge in [-0.15, -0.1) is 0 Å². The third kappa shape index (κ3) is 4.44. The minimum Gasteiger partial charge on any atom is -0.319 e. The first-order chi connectivity index (χ1) is 14.5. The highest BCUT2D eigenvalue weighted by molar-refractivity contribution is 6.31. The number of nitrogens with one attached hydrogen (secondary N) is 1. The molecule has 6 nitrogen and oxygen atoms in total. The molecule has 30 heavy (non-hydrogen) atoms. The molecule has 4 aromatic rings. The molecule has 0 saturated carbocycles. The lowest BCUT2D eigenvalue weighted by molar-refractivity contribution is 0.102. The normalized spacial score (nSPS) is 10.9. The fourth-order valence-corrected chi connectivity index (χ4v) is 3.44. The van der Waals surface area contributed by atoms with Gasteiger partial charge in [0.25, 0.3) is 5.91 Å². The fraction of sp³-hybridized carbons (Fsp3) is 0.174. The Labute approximate surface area is 180 Å². The molecule has 0 unspecified atom stereocenters. The lowest BCUT2D eigenvalue weighted by atomic mass is 10.1. The minimum atomic E-state index is -0.178. The van der Waals surface area contributed by atoms with Gasteiger partial charge in [0.1, 0.15) is 0 Å². The summed E-state index contributed by atoms with van der Waals surface area (Å²) in [5.41, 5.74) is 5.08. The van der Waals surface area contributed by atoms with E-state index in [2.05, 4.69) is 15.5 Å². The summed E-state index contributed by atoms with van der Waals surface area (Å²) in [5, 5.41) is 12.4. The van der Waals surface area contributed by atoms with Crippen LogP contribution in [0.1, 0.15) is 32.9 Å². The minimum absolute atomic E-state index is 0.178. The van der Waals surface area contributed by atoms with Crippen LogP contribution in [0.15, 0.2) is 67.0 Å². The quantitative estimate of drug-likeness (QED) is 0.492. The second-order valence-electron chi connectivity index (χ2n) is 7.21. The highest BCUT2D eigenvalue weighted by Gasteiger charge is 2.12. The van der Waals surface area contributed by atoms with Gasteiger partial charge >= 0.3 is 0 Å². The SMILES string of the molecule is Cc1nn(Cc2cccc(C(=O)Nc3cnn(Cc4ccccc4)c3)c2)c(C)c1Cl. The number of amides is 1. The average molecular weight is 420 g/mol. The van der Waals surface area contributed by atoms with Crippen LogP contribution < -0.4 is 5.32 Å². The molecule has 0 fully saturated rings. The molecule has 0 radical (unpaired) electrons. The second-order valence-corrected chi connectivity index (χ2v) is 7.59. The molecule has 0 saturated heterocycles. The average Bonchev–Trinajstić information content (AvgIpc) is 3.28. The molecular weight excluding hydrogens is 398 g/mol. The molecule has 7 heteroatoms. The van der Waals surface area contributed by atoms with E-state index in [-0.39, 0.29) is 5.91 Å². The molecule has 0 bridgehead atoms.